The number of nitrogens with one attached hydrogen (secondary N) is 2. The SMILES string of the molecule is C=CCNC(=O)NCC1(c2ccc(OC)cc2)CCOCC1. The summed E-state index contributed by atoms with van der Waals surface area (Å²) in [6.45, 7) is 6.06. The average Bonchev–Trinajstić information content (AvgIpc) is 2.59. The second-order valence-electron chi connectivity index (χ2n) is 5.47. The second kappa shape index (κ2) is 7.84. The quantitative estimate of drug-likeness (QED) is 0.792. The third kappa shape index (κ3) is 4.01. The highest BCUT2D eigenvalue weighted by Crippen LogP contribution is 2.35. The number of carbonyl (C=O) groups is 1. The van der Waals surface area contributed by atoms with Crippen LogP contribution in [0.15, 0.2) is 36.9 Å². The Labute approximate surface area is 131 Å². The van der Waals surface area contributed by atoms with Gasteiger partial charge < -0.3 is 20.1 Å². The number of amides is 2. The molecule has 22 heavy (non-hydrogen) atoms. The standard InChI is InChI=1S/C17H24N2O3/c1-3-10-18-16(20)19-13-17(8-11-22-12-9-17)14-4-6-15(21-2)7-5-14/h3-7H,1,8-13H2,2H3,(H2,18,19,20). The van der Waals surface area contributed by atoms with Crippen molar-refractivity contribution in [1.82, 2.24) is 10.6 Å². The van der Waals surface area contributed by atoms with E-state index in [9.17, 15) is 4.79 Å². The van der Waals surface area contributed by atoms with Crippen LogP contribution in [0.4, 0.5) is 4.79 Å². The summed E-state index contributed by atoms with van der Waals surface area (Å²) in [7, 11) is 1.66. The van der Waals surface area contributed by atoms with Crippen molar-refractivity contribution in [2.24, 2.45) is 0 Å². The Balaban J connectivity index is 2.09. The van der Waals surface area contributed by atoms with Crippen LogP contribution in [-0.4, -0.2) is 39.4 Å². The van der Waals surface area contributed by atoms with E-state index in [0.29, 0.717) is 26.3 Å². The molecule has 0 aliphatic carbocycles. The van der Waals surface area contributed by atoms with Gasteiger partial charge in [-0.15, -0.1) is 6.58 Å². The normalized spacial score (nSPS) is 16.6. The van der Waals surface area contributed by atoms with Gasteiger partial charge in [-0.2, -0.15) is 0 Å². The van der Waals surface area contributed by atoms with Gasteiger partial charge in [0.25, 0.3) is 0 Å². The zero-order valence-electron chi connectivity index (χ0n) is 13.1. The van der Waals surface area contributed by atoms with Crippen molar-refractivity contribution in [2.45, 2.75) is 18.3 Å². The van der Waals surface area contributed by atoms with Crippen molar-refractivity contribution in [3.8, 4) is 5.75 Å². The maximum Gasteiger partial charge on any atom is 0.315 e. The van der Waals surface area contributed by atoms with Gasteiger partial charge in [0, 0.05) is 31.7 Å². The predicted molar refractivity (Wildman–Crippen MR) is 86.3 cm³/mol. The first-order valence-electron chi connectivity index (χ1n) is 7.55. The Kier molecular flexibility index (Phi) is 5.83. The molecule has 2 amide bonds. The van der Waals surface area contributed by atoms with Crippen molar-refractivity contribution in [3.63, 3.8) is 0 Å². The van der Waals surface area contributed by atoms with E-state index in [1.165, 1.54) is 5.56 Å². The number of ether oxygens (including phenoxy) is 2. The largest absolute Gasteiger partial charge is 0.497 e. The van der Waals surface area contributed by atoms with Gasteiger partial charge >= 0.3 is 6.03 Å². The van der Waals surface area contributed by atoms with Gasteiger partial charge in [-0.25, -0.2) is 4.79 Å². The lowest BCUT2D eigenvalue weighted by atomic mass is 9.74. The number of benzene rings is 1. The fraction of sp³-hybridized carbons (Fsp3) is 0.471. The zero-order chi connectivity index (χ0) is 15.8. The molecule has 0 unspecified atom stereocenters. The highest BCUT2D eigenvalue weighted by atomic mass is 16.5. The molecule has 5 nitrogen and oxygen atoms in total. The molecule has 5 heteroatoms. The molecule has 0 saturated carbocycles. The summed E-state index contributed by atoms with van der Waals surface area (Å²) in [5.41, 5.74) is 1.12. The summed E-state index contributed by atoms with van der Waals surface area (Å²) in [4.78, 5) is 11.8. The Morgan fingerprint density at radius 1 is 1.32 bits per heavy atom. The molecule has 1 aromatic carbocycles. The highest BCUT2D eigenvalue weighted by Gasteiger charge is 2.34. The summed E-state index contributed by atoms with van der Waals surface area (Å²) in [5, 5.41) is 5.71. The van der Waals surface area contributed by atoms with E-state index in [2.05, 4.69) is 29.3 Å². The molecule has 1 aromatic rings. The maximum absolute atomic E-state index is 11.8. The fourth-order valence-electron chi connectivity index (χ4n) is 2.75. The molecule has 0 aromatic heterocycles. The number of hydrogen-bond acceptors (Lipinski definition) is 3. The van der Waals surface area contributed by atoms with Crippen molar-refractivity contribution in [2.75, 3.05) is 33.4 Å². The van der Waals surface area contributed by atoms with Crippen LogP contribution < -0.4 is 15.4 Å². The van der Waals surface area contributed by atoms with Gasteiger partial charge in [0.2, 0.25) is 0 Å². The smallest absolute Gasteiger partial charge is 0.315 e. The van der Waals surface area contributed by atoms with E-state index in [4.69, 9.17) is 9.47 Å². The van der Waals surface area contributed by atoms with Gasteiger partial charge in [-0.05, 0) is 30.5 Å². The Bertz CT molecular complexity index is 493. The lowest BCUT2D eigenvalue weighted by Crippen LogP contribution is -2.47. The number of carbonyl (C=O) groups excluding carboxylic acids is 1. The number of hydrogen-bond donors (Lipinski definition) is 2. The van der Waals surface area contributed by atoms with Crippen LogP contribution in [0.3, 0.4) is 0 Å². The van der Waals surface area contributed by atoms with Gasteiger partial charge in [0.1, 0.15) is 5.75 Å². The van der Waals surface area contributed by atoms with Crippen LogP contribution in [0.1, 0.15) is 18.4 Å². The van der Waals surface area contributed by atoms with Gasteiger partial charge in [-0.1, -0.05) is 18.2 Å². The lowest BCUT2D eigenvalue weighted by molar-refractivity contribution is 0.0507. The first-order chi connectivity index (χ1) is 10.7. The highest BCUT2D eigenvalue weighted by molar-refractivity contribution is 5.74. The Morgan fingerprint density at radius 3 is 2.59 bits per heavy atom. The summed E-state index contributed by atoms with van der Waals surface area (Å²) in [5.74, 6) is 0.836. The second-order valence-corrected chi connectivity index (χ2v) is 5.47. The molecule has 2 N–H and O–H groups in total. The first-order valence-corrected chi connectivity index (χ1v) is 7.55. The lowest BCUT2D eigenvalue weighted by Gasteiger charge is -2.38. The molecular formula is C17H24N2O3. The van der Waals surface area contributed by atoms with Crippen LogP contribution in [0.2, 0.25) is 0 Å². The number of urea groups is 1. The number of methoxy groups -OCH3 is 1. The monoisotopic (exact) mass is 304 g/mol. The van der Waals surface area contributed by atoms with Crippen molar-refractivity contribution >= 4 is 6.03 Å². The van der Waals surface area contributed by atoms with Crippen molar-refractivity contribution in [3.05, 3.63) is 42.5 Å². The Hall–Kier alpha value is -2.01. The van der Waals surface area contributed by atoms with Gasteiger partial charge in [0.05, 0.1) is 7.11 Å². The fourth-order valence-corrected chi connectivity index (χ4v) is 2.75. The summed E-state index contributed by atoms with van der Waals surface area (Å²) in [6.07, 6.45) is 3.44. The van der Waals surface area contributed by atoms with Crippen molar-refractivity contribution in [1.29, 1.82) is 0 Å². The summed E-state index contributed by atoms with van der Waals surface area (Å²) in [6, 6.07) is 7.91. The van der Waals surface area contributed by atoms with Crippen LogP contribution in [0.25, 0.3) is 0 Å². The van der Waals surface area contributed by atoms with Gasteiger partial charge in [0.15, 0.2) is 0 Å². The molecule has 1 aliphatic heterocycles. The van der Waals surface area contributed by atoms with Gasteiger partial charge in [-0.3, -0.25) is 0 Å². The maximum atomic E-state index is 11.8. The van der Waals surface area contributed by atoms with E-state index in [1.807, 2.05) is 12.1 Å². The summed E-state index contributed by atoms with van der Waals surface area (Å²) < 4.78 is 10.7. The third-order valence-electron chi connectivity index (χ3n) is 4.15. The van der Waals surface area contributed by atoms with Crippen molar-refractivity contribution < 1.29 is 14.3 Å². The zero-order valence-corrected chi connectivity index (χ0v) is 13.1. The molecular weight excluding hydrogens is 280 g/mol. The predicted octanol–water partition coefficient (Wildman–Crippen LogP) is 2.23. The van der Waals surface area contributed by atoms with E-state index in [-0.39, 0.29) is 11.4 Å². The average molecular weight is 304 g/mol. The molecule has 0 radical (unpaired) electrons. The molecule has 1 heterocycles. The first kappa shape index (κ1) is 16.4. The van der Waals surface area contributed by atoms with E-state index in [1.54, 1.807) is 13.2 Å². The molecule has 2 rings (SSSR count). The Morgan fingerprint density at radius 2 is 2.00 bits per heavy atom. The van der Waals surface area contributed by atoms with E-state index in [0.717, 1.165) is 18.6 Å². The topological polar surface area (TPSA) is 59.6 Å². The minimum absolute atomic E-state index is 0.0873. The molecule has 120 valence electrons. The third-order valence-corrected chi connectivity index (χ3v) is 4.15. The minimum atomic E-state index is -0.167. The van der Waals surface area contributed by atoms with Crippen LogP contribution in [-0.2, 0) is 10.2 Å². The van der Waals surface area contributed by atoms with E-state index < -0.39 is 0 Å². The molecule has 0 bridgehead atoms. The molecule has 0 spiro atoms. The molecule has 1 saturated heterocycles. The van der Waals surface area contributed by atoms with Crippen LogP contribution >= 0.6 is 0 Å². The molecule has 1 aliphatic rings. The molecule has 0 atom stereocenters. The van der Waals surface area contributed by atoms with Crippen LogP contribution in [0.5, 0.6) is 5.75 Å². The molecule has 1 fully saturated rings. The van der Waals surface area contributed by atoms with E-state index >= 15 is 0 Å². The minimum Gasteiger partial charge on any atom is -0.497 e. The summed E-state index contributed by atoms with van der Waals surface area (Å²) >= 11 is 0. The van der Waals surface area contributed by atoms with Crippen LogP contribution in [0, 0.1) is 0 Å². The number of rotatable bonds is 6.